The molecule has 1 amide bonds. The number of hydrogen-bond donors (Lipinski definition) is 0. The van der Waals surface area contributed by atoms with Crippen molar-refractivity contribution in [3.8, 4) is 5.75 Å². The van der Waals surface area contributed by atoms with Crippen molar-refractivity contribution >= 4 is 5.91 Å². The number of hydrogen-bond acceptors (Lipinski definition) is 6. The summed E-state index contributed by atoms with van der Waals surface area (Å²) in [5.41, 5.74) is 1.52. The van der Waals surface area contributed by atoms with Crippen LogP contribution in [-0.4, -0.2) is 65.0 Å². The van der Waals surface area contributed by atoms with E-state index in [4.69, 9.17) is 14.2 Å². The van der Waals surface area contributed by atoms with Crippen molar-refractivity contribution in [2.45, 2.75) is 32.2 Å². The molecule has 2 aromatic heterocycles. The van der Waals surface area contributed by atoms with Crippen LogP contribution in [0.15, 0.2) is 35.4 Å². The summed E-state index contributed by atoms with van der Waals surface area (Å²) in [4.78, 5) is 31.3. The third kappa shape index (κ3) is 4.04. The van der Waals surface area contributed by atoms with E-state index in [1.54, 1.807) is 37.3 Å². The van der Waals surface area contributed by atoms with Gasteiger partial charge in [-0.3, -0.25) is 14.6 Å². The number of carbonyl (C=O) groups is 1. The molecule has 2 aromatic rings. The first kappa shape index (κ1) is 19.6. The van der Waals surface area contributed by atoms with Gasteiger partial charge in [-0.2, -0.15) is 0 Å². The van der Waals surface area contributed by atoms with Crippen LogP contribution in [0.2, 0.25) is 0 Å². The molecule has 8 heteroatoms. The second-order valence-corrected chi connectivity index (χ2v) is 7.62. The van der Waals surface area contributed by atoms with E-state index >= 15 is 0 Å². The summed E-state index contributed by atoms with van der Waals surface area (Å²) >= 11 is 0. The summed E-state index contributed by atoms with van der Waals surface area (Å²) < 4.78 is 19.3. The molecule has 0 spiro atoms. The highest BCUT2D eigenvalue weighted by atomic mass is 16.6. The number of aromatic nitrogens is 2. The molecule has 8 nitrogen and oxygen atoms in total. The second-order valence-electron chi connectivity index (χ2n) is 7.62. The molecule has 2 fully saturated rings. The van der Waals surface area contributed by atoms with Crippen LogP contribution in [0.25, 0.3) is 0 Å². The predicted molar refractivity (Wildman–Crippen MR) is 105 cm³/mol. The number of fused-ring (bicyclic) bond motifs is 1. The fourth-order valence-electron chi connectivity index (χ4n) is 3.66. The van der Waals surface area contributed by atoms with E-state index in [0.29, 0.717) is 37.6 Å². The highest BCUT2D eigenvalue weighted by Crippen LogP contribution is 2.23. The minimum Gasteiger partial charge on any atom is -0.484 e. The first-order chi connectivity index (χ1) is 13.9. The highest BCUT2D eigenvalue weighted by molar-refractivity contribution is 5.95. The molecule has 2 saturated heterocycles. The van der Waals surface area contributed by atoms with Gasteiger partial charge in [0.05, 0.1) is 19.4 Å². The van der Waals surface area contributed by atoms with Crippen molar-refractivity contribution in [1.29, 1.82) is 0 Å². The molecule has 154 valence electrons. The van der Waals surface area contributed by atoms with Crippen LogP contribution in [0, 0.1) is 13.8 Å². The zero-order valence-electron chi connectivity index (χ0n) is 16.8. The summed E-state index contributed by atoms with van der Waals surface area (Å²) in [6.07, 6.45) is 2.63. The largest absolute Gasteiger partial charge is 0.484 e. The first-order valence-corrected chi connectivity index (χ1v) is 9.70. The van der Waals surface area contributed by atoms with Crippen LogP contribution >= 0.6 is 0 Å². The SMILES string of the molecule is Cc1ccc(OC2CO[C@H]3CN(C(=O)c4c(C)ccn(C)c4=O)C[C@@H]3OC2)cn1. The summed E-state index contributed by atoms with van der Waals surface area (Å²) in [7, 11) is 1.64. The van der Waals surface area contributed by atoms with Crippen LogP contribution in [0.1, 0.15) is 21.6 Å². The molecule has 4 rings (SSSR count). The number of aryl methyl sites for hydroxylation is 3. The van der Waals surface area contributed by atoms with Crippen LogP contribution < -0.4 is 10.3 Å². The Morgan fingerprint density at radius 3 is 2.45 bits per heavy atom. The van der Waals surface area contributed by atoms with Gasteiger partial charge in [0.2, 0.25) is 0 Å². The van der Waals surface area contributed by atoms with Gasteiger partial charge in [-0.15, -0.1) is 0 Å². The quantitative estimate of drug-likeness (QED) is 0.768. The van der Waals surface area contributed by atoms with Crippen LogP contribution in [0.5, 0.6) is 5.75 Å². The molecule has 2 aliphatic rings. The minimum absolute atomic E-state index is 0.208. The average Bonchev–Trinajstić information content (AvgIpc) is 3.03. The molecule has 4 heterocycles. The summed E-state index contributed by atoms with van der Waals surface area (Å²) in [6.45, 7) is 5.20. The van der Waals surface area contributed by atoms with E-state index in [1.165, 1.54) is 4.57 Å². The van der Waals surface area contributed by atoms with Crippen LogP contribution in [0.3, 0.4) is 0 Å². The van der Waals surface area contributed by atoms with E-state index in [2.05, 4.69) is 4.98 Å². The Labute approximate surface area is 169 Å². The molecule has 29 heavy (non-hydrogen) atoms. The lowest BCUT2D eigenvalue weighted by molar-refractivity contribution is -0.00461. The lowest BCUT2D eigenvalue weighted by Gasteiger charge is -2.20. The maximum Gasteiger partial charge on any atom is 0.263 e. The summed E-state index contributed by atoms with van der Waals surface area (Å²) in [6, 6.07) is 5.54. The molecule has 0 radical (unpaired) electrons. The Morgan fingerprint density at radius 2 is 1.83 bits per heavy atom. The van der Waals surface area contributed by atoms with Crippen molar-refractivity contribution in [3.63, 3.8) is 0 Å². The number of pyridine rings is 2. The molecule has 0 unspecified atom stereocenters. The standard InChI is InChI=1S/C21H25N3O5/c1-13-6-7-23(3)20(25)19(13)21(26)24-9-17-18(10-24)28-12-16(11-27-17)29-15-5-4-14(2)22-8-15/h4-8,16-18H,9-12H2,1-3H3/t17-,18-/m0/s1. The maximum absolute atomic E-state index is 13.0. The Hall–Kier alpha value is -2.71. The number of nitrogens with zero attached hydrogens (tertiary/aromatic N) is 3. The molecule has 0 bridgehead atoms. The Morgan fingerprint density at radius 1 is 1.14 bits per heavy atom. The second kappa shape index (κ2) is 7.96. The zero-order chi connectivity index (χ0) is 20.5. The smallest absolute Gasteiger partial charge is 0.263 e. The minimum atomic E-state index is -0.288. The normalized spacial score (nSPS) is 22.2. The van der Waals surface area contributed by atoms with Gasteiger partial charge in [0.15, 0.2) is 0 Å². The van der Waals surface area contributed by atoms with E-state index < -0.39 is 0 Å². The van der Waals surface area contributed by atoms with Crippen molar-refractivity contribution < 1.29 is 19.0 Å². The third-order valence-corrected chi connectivity index (χ3v) is 5.37. The molecule has 0 N–H and O–H groups in total. The molecule has 0 aromatic carbocycles. The van der Waals surface area contributed by atoms with E-state index in [0.717, 1.165) is 5.69 Å². The third-order valence-electron chi connectivity index (χ3n) is 5.37. The van der Waals surface area contributed by atoms with Gasteiger partial charge in [0, 0.05) is 32.0 Å². The van der Waals surface area contributed by atoms with Crippen LogP contribution in [-0.2, 0) is 16.5 Å². The van der Waals surface area contributed by atoms with Gasteiger partial charge >= 0.3 is 0 Å². The Kier molecular flexibility index (Phi) is 5.38. The fraction of sp³-hybridized carbons (Fsp3) is 0.476. The topological polar surface area (TPSA) is 82.9 Å². The van der Waals surface area contributed by atoms with E-state index in [-0.39, 0.29) is 35.3 Å². The molecule has 0 saturated carbocycles. The Balaban J connectivity index is 1.40. The number of likely N-dealkylation sites (tertiary alicyclic amines) is 1. The van der Waals surface area contributed by atoms with Crippen LogP contribution in [0.4, 0.5) is 0 Å². The lowest BCUT2D eigenvalue weighted by atomic mass is 10.1. The van der Waals surface area contributed by atoms with Crippen molar-refractivity contribution in [3.05, 3.63) is 57.8 Å². The highest BCUT2D eigenvalue weighted by Gasteiger charge is 2.40. The van der Waals surface area contributed by atoms with Gasteiger partial charge in [0.1, 0.15) is 29.6 Å². The van der Waals surface area contributed by atoms with Crippen molar-refractivity contribution in [1.82, 2.24) is 14.5 Å². The van der Waals surface area contributed by atoms with Gasteiger partial charge in [-0.05, 0) is 37.6 Å². The molecule has 2 aliphatic heterocycles. The van der Waals surface area contributed by atoms with Gasteiger partial charge < -0.3 is 23.7 Å². The van der Waals surface area contributed by atoms with E-state index in [1.807, 2.05) is 19.1 Å². The van der Waals surface area contributed by atoms with Gasteiger partial charge in [-0.25, -0.2) is 0 Å². The maximum atomic E-state index is 13.0. The van der Waals surface area contributed by atoms with Crippen molar-refractivity contribution in [2.24, 2.45) is 7.05 Å². The fourth-order valence-corrected chi connectivity index (χ4v) is 3.66. The zero-order valence-corrected chi connectivity index (χ0v) is 16.8. The van der Waals surface area contributed by atoms with Crippen molar-refractivity contribution in [2.75, 3.05) is 26.3 Å². The number of carbonyl (C=O) groups excluding carboxylic acids is 1. The summed E-state index contributed by atoms with van der Waals surface area (Å²) in [5, 5.41) is 0. The number of amides is 1. The summed E-state index contributed by atoms with van der Waals surface area (Å²) in [5.74, 6) is 0.398. The van der Waals surface area contributed by atoms with E-state index in [9.17, 15) is 9.59 Å². The molecular weight excluding hydrogens is 374 g/mol. The number of ether oxygens (including phenoxy) is 3. The average molecular weight is 399 g/mol. The Bertz CT molecular complexity index is 940. The van der Waals surface area contributed by atoms with Gasteiger partial charge in [0.25, 0.3) is 11.5 Å². The van der Waals surface area contributed by atoms with Gasteiger partial charge in [-0.1, -0.05) is 0 Å². The number of rotatable bonds is 3. The molecular formula is C21H25N3O5. The first-order valence-electron chi connectivity index (χ1n) is 9.70. The predicted octanol–water partition coefficient (Wildman–Crippen LogP) is 1.08. The molecule has 0 aliphatic carbocycles. The molecule has 2 atom stereocenters. The monoisotopic (exact) mass is 399 g/mol. The lowest BCUT2D eigenvalue weighted by Crippen LogP contribution is -2.37.